The number of halogens is 2. The molecule has 0 bridgehead atoms. The second-order valence-corrected chi connectivity index (χ2v) is 8.06. The van der Waals surface area contributed by atoms with E-state index in [2.05, 4.69) is 36.0 Å². The first-order valence-electron chi connectivity index (χ1n) is 9.58. The first-order chi connectivity index (χ1) is 13.8. The molecule has 1 aromatic heterocycles. The molecule has 0 aliphatic carbocycles. The Balaban J connectivity index is 1.63. The van der Waals surface area contributed by atoms with Gasteiger partial charge in [-0.05, 0) is 51.2 Å². The summed E-state index contributed by atoms with van der Waals surface area (Å²) in [6, 6.07) is 11.2. The molecule has 2 heterocycles. The lowest BCUT2D eigenvalue weighted by Crippen LogP contribution is -2.55. The summed E-state index contributed by atoms with van der Waals surface area (Å²) in [5, 5.41) is 3.24. The number of likely N-dealkylation sites (N-methyl/N-ethyl adjacent to an activating group) is 1. The molecule has 152 valence electrons. The number of anilines is 2. The maximum absolute atomic E-state index is 14.1. The van der Waals surface area contributed by atoms with Crippen molar-refractivity contribution in [3.63, 3.8) is 0 Å². The lowest BCUT2D eigenvalue weighted by molar-refractivity contribution is 0.102. The van der Waals surface area contributed by atoms with Gasteiger partial charge in [-0.1, -0.05) is 17.7 Å². The van der Waals surface area contributed by atoms with E-state index in [0.717, 1.165) is 18.8 Å². The zero-order valence-electron chi connectivity index (χ0n) is 16.6. The van der Waals surface area contributed by atoms with Crippen LogP contribution in [0, 0.1) is 5.82 Å². The van der Waals surface area contributed by atoms with Crippen molar-refractivity contribution in [2.24, 2.45) is 0 Å². The van der Waals surface area contributed by atoms with Crippen molar-refractivity contribution in [1.82, 2.24) is 4.90 Å². The smallest absolute Gasteiger partial charge is 0.259 e. The molecule has 4 rings (SSSR count). The van der Waals surface area contributed by atoms with Crippen molar-refractivity contribution in [1.29, 1.82) is 0 Å². The Hall–Kier alpha value is -2.57. The van der Waals surface area contributed by atoms with Gasteiger partial charge in [0, 0.05) is 36.2 Å². The molecule has 1 aliphatic rings. The third-order valence-corrected chi connectivity index (χ3v) is 6.02. The van der Waals surface area contributed by atoms with E-state index in [4.69, 9.17) is 16.0 Å². The van der Waals surface area contributed by atoms with Crippen LogP contribution in [0.25, 0.3) is 11.0 Å². The Morgan fingerprint density at radius 1 is 1.21 bits per heavy atom. The summed E-state index contributed by atoms with van der Waals surface area (Å²) in [6.45, 7) is 6.22. The zero-order valence-corrected chi connectivity index (χ0v) is 17.3. The van der Waals surface area contributed by atoms with Gasteiger partial charge in [-0.2, -0.15) is 0 Å². The molecule has 0 spiro atoms. The third kappa shape index (κ3) is 3.70. The van der Waals surface area contributed by atoms with Crippen LogP contribution in [0.15, 0.2) is 47.1 Å². The normalized spacial score (nSPS) is 20.2. The van der Waals surface area contributed by atoms with Crippen molar-refractivity contribution in [2.45, 2.75) is 25.9 Å². The highest BCUT2D eigenvalue weighted by atomic mass is 35.5. The minimum absolute atomic E-state index is 0.0368. The maximum Gasteiger partial charge on any atom is 0.259 e. The molecule has 0 unspecified atom stereocenters. The van der Waals surface area contributed by atoms with Gasteiger partial charge in [0.15, 0.2) is 5.82 Å². The second-order valence-electron chi connectivity index (χ2n) is 7.65. The summed E-state index contributed by atoms with van der Waals surface area (Å²) in [5.74, 6) is -1.10. The summed E-state index contributed by atoms with van der Waals surface area (Å²) in [5.41, 5.74) is 2.04. The number of benzene rings is 2. The minimum Gasteiger partial charge on any atom is -0.463 e. The minimum atomic E-state index is -0.656. The summed E-state index contributed by atoms with van der Waals surface area (Å²) >= 11 is 5.80. The predicted octanol–water partition coefficient (Wildman–Crippen LogP) is 5.01. The van der Waals surface area contributed by atoms with Crippen molar-refractivity contribution >= 4 is 39.9 Å². The zero-order chi connectivity index (χ0) is 20.7. The number of carbonyl (C=O) groups is 1. The van der Waals surface area contributed by atoms with Crippen LogP contribution in [0.5, 0.6) is 0 Å². The molecule has 0 saturated carbocycles. The monoisotopic (exact) mass is 415 g/mol. The molecule has 1 saturated heterocycles. The molecule has 5 nitrogen and oxygen atoms in total. The van der Waals surface area contributed by atoms with Gasteiger partial charge >= 0.3 is 0 Å². The average molecular weight is 416 g/mol. The quantitative estimate of drug-likeness (QED) is 0.653. The number of amides is 1. The number of fused-ring (bicyclic) bond motifs is 1. The van der Waals surface area contributed by atoms with Gasteiger partial charge in [-0.25, -0.2) is 4.39 Å². The Kier molecular flexibility index (Phi) is 5.23. The number of rotatable bonds is 3. The molecule has 29 heavy (non-hydrogen) atoms. The SMILES string of the molecule is C[C@@H]1CN(c2ccc3occ(C(=O)Nc4cccc(Cl)c4F)c3c2)C[C@H](C)N1C. The highest BCUT2D eigenvalue weighted by Gasteiger charge is 2.27. The summed E-state index contributed by atoms with van der Waals surface area (Å²) in [7, 11) is 2.14. The molecule has 1 fully saturated rings. The number of hydrogen-bond acceptors (Lipinski definition) is 4. The summed E-state index contributed by atoms with van der Waals surface area (Å²) in [6.07, 6.45) is 1.40. The maximum atomic E-state index is 14.1. The van der Waals surface area contributed by atoms with Crippen LogP contribution in [0.4, 0.5) is 15.8 Å². The van der Waals surface area contributed by atoms with Crippen molar-refractivity contribution in [2.75, 3.05) is 30.4 Å². The number of piperazine rings is 1. The van der Waals surface area contributed by atoms with E-state index >= 15 is 0 Å². The fourth-order valence-corrected chi connectivity index (χ4v) is 3.97. The first kappa shape index (κ1) is 19.7. The van der Waals surface area contributed by atoms with Crippen LogP contribution in [-0.4, -0.2) is 43.0 Å². The molecule has 0 radical (unpaired) electrons. The van der Waals surface area contributed by atoms with E-state index in [-0.39, 0.29) is 10.7 Å². The van der Waals surface area contributed by atoms with Crippen LogP contribution >= 0.6 is 11.6 Å². The van der Waals surface area contributed by atoms with Gasteiger partial charge < -0.3 is 14.6 Å². The van der Waals surface area contributed by atoms with Crippen molar-refractivity contribution in [3.8, 4) is 0 Å². The first-order valence-corrected chi connectivity index (χ1v) is 9.96. The van der Waals surface area contributed by atoms with Gasteiger partial charge in [-0.3, -0.25) is 9.69 Å². The number of nitrogens with zero attached hydrogens (tertiary/aromatic N) is 2. The summed E-state index contributed by atoms with van der Waals surface area (Å²) < 4.78 is 19.7. The van der Waals surface area contributed by atoms with Gasteiger partial charge in [0.25, 0.3) is 5.91 Å². The lowest BCUT2D eigenvalue weighted by Gasteiger charge is -2.43. The highest BCUT2D eigenvalue weighted by molar-refractivity contribution is 6.31. The van der Waals surface area contributed by atoms with Crippen molar-refractivity contribution in [3.05, 3.63) is 59.1 Å². The molecule has 1 aliphatic heterocycles. The fraction of sp³-hybridized carbons (Fsp3) is 0.318. The van der Waals surface area contributed by atoms with E-state index in [1.807, 2.05) is 18.2 Å². The highest BCUT2D eigenvalue weighted by Crippen LogP contribution is 2.30. The molecule has 1 N–H and O–H groups in total. The fourth-order valence-electron chi connectivity index (χ4n) is 3.79. The Labute approximate surface area is 174 Å². The number of furan rings is 1. The van der Waals surface area contributed by atoms with E-state index in [9.17, 15) is 9.18 Å². The Bertz CT molecular complexity index is 1060. The number of hydrogen-bond donors (Lipinski definition) is 1. The van der Waals surface area contributed by atoms with Crippen molar-refractivity contribution < 1.29 is 13.6 Å². The summed E-state index contributed by atoms with van der Waals surface area (Å²) in [4.78, 5) is 17.5. The third-order valence-electron chi connectivity index (χ3n) is 5.73. The molecule has 7 heteroatoms. The standard InChI is InChI=1S/C22H23ClFN3O2/c1-13-10-27(11-14(2)26(13)3)15-7-8-20-16(9-15)17(12-29-20)22(28)25-19-6-4-5-18(23)21(19)24/h4-9,12-14H,10-11H2,1-3H3,(H,25,28)/t13-,14+. The predicted molar refractivity (Wildman–Crippen MR) is 114 cm³/mol. The van der Waals surface area contributed by atoms with Crippen LogP contribution in [-0.2, 0) is 0 Å². The van der Waals surface area contributed by atoms with Crippen LogP contribution in [0.1, 0.15) is 24.2 Å². The van der Waals surface area contributed by atoms with E-state index in [0.29, 0.717) is 28.6 Å². The molecular weight excluding hydrogens is 393 g/mol. The van der Waals surface area contributed by atoms with Gasteiger partial charge in [0.1, 0.15) is 11.8 Å². The largest absolute Gasteiger partial charge is 0.463 e. The molecule has 2 aromatic carbocycles. The Morgan fingerprint density at radius 3 is 2.66 bits per heavy atom. The number of nitrogens with one attached hydrogen (secondary N) is 1. The van der Waals surface area contributed by atoms with E-state index in [1.54, 1.807) is 6.07 Å². The average Bonchev–Trinajstić information content (AvgIpc) is 3.12. The second kappa shape index (κ2) is 7.69. The topological polar surface area (TPSA) is 48.7 Å². The van der Waals surface area contributed by atoms with Crippen LogP contribution < -0.4 is 10.2 Å². The molecular formula is C22H23ClFN3O2. The van der Waals surface area contributed by atoms with Gasteiger partial charge in [0.2, 0.25) is 0 Å². The van der Waals surface area contributed by atoms with Gasteiger partial charge in [0.05, 0.1) is 16.3 Å². The van der Waals surface area contributed by atoms with Crippen LogP contribution in [0.2, 0.25) is 5.02 Å². The van der Waals surface area contributed by atoms with Crippen LogP contribution in [0.3, 0.4) is 0 Å². The van der Waals surface area contributed by atoms with Gasteiger partial charge in [-0.15, -0.1) is 0 Å². The Morgan fingerprint density at radius 2 is 1.93 bits per heavy atom. The molecule has 2 atom stereocenters. The number of carbonyl (C=O) groups excluding carboxylic acids is 1. The molecule has 1 amide bonds. The van der Waals surface area contributed by atoms with E-state index < -0.39 is 11.7 Å². The lowest BCUT2D eigenvalue weighted by atomic mass is 10.1. The molecule has 3 aromatic rings. The van der Waals surface area contributed by atoms with E-state index in [1.165, 1.54) is 18.4 Å².